The van der Waals surface area contributed by atoms with Gasteiger partial charge in [0.1, 0.15) is 24.1 Å². The van der Waals surface area contributed by atoms with Gasteiger partial charge in [-0.2, -0.15) is 0 Å². The summed E-state index contributed by atoms with van der Waals surface area (Å²) in [5, 5.41) is 12.0. The molecule has 0 spiro atoms. The molecule has 0 heterocycles. The van der Waals surface area contributed by atoms with Crippen LogP contribution >= 0.6 is 0 Å². The van der Waals surface area contributed by atoms with Gasteiger partial charge in [-0.05, 0) is 43.2 Å². The highest BCUT2D eigenvalue weighted by molar-refractivity contribution is 5.89. The normalized spacial score (nSPS) is 32.2. The van der Waals surface area contributed by atoms with Gasteiger partial charge in [0.05, 0.1) is 23.7 Å². The van der Waals surface area contributed by atoms with Crippen LogP contribution in [0.3, 0.4) is 0 Å². The molecule has 0 bridgehead atoms. The first kappa shape index (κ1) is 26.7. The molecule has 8 heteroatoms. The zero-order chi connectivity index (χ0) is 26.1. The second-order valence-corrected chi connectivity index (χ2v) is 10.2. The predicted molar refractivity (Wildman–Crippen MR) is 128 cm³/mol. The molecule has 1 fully saturated rings. The Morgan fingerprint density at radius 3 is 2.14 bits per heavy atom. The van der Waals surface area contributed by atoms with Gasteiger partial charge >= 0.3 is 17.9 Å². The molecule has 0 amide bonds. The number of rotatable bonds is 6. The van der Waals surface area contributed by atoms with Crippen LogP contribution in [0.15, 0.2) is 35.9 Å². The Bertz CT molecular complexity index is 997. The summed E-state index contributed by atoms with van der Waals surface area (Å²) >= 11 is 0. The van der Waals surface area contributed by atoms with Crippen molar-refractivity contribution in [2.75, 3.05) is 7.11 Å². The van der Waals surface area contributed by atoms with Crippen molar-refractivity contribution in [2.24, 2.45) is 17.3 Å². The van der Waals surface area contributed by atoms with Gasteiger partial charge in [-0.3, -0.25) is 9.59 Å². The van der Waals surface area contributed by atoms with E-state index in [1.807, 2.05) is 33.8 Å². The molecule has 35 heavy (non-hydrogen) atoms. The minimum atomic E-state index is -1.35. The molecule has 0 aliphatic heterocycles. The van der Waals surface area contributed by atoms with Crippen LogP contribution in [0.25, 0.3) is 0 Å². The molecular formula is C27H36O8. The highest BCUT2D eigenvalue weighted by Crippen LogP contribution is 2.59. The summed E-state index contributed by atoms with van der Waals surface area (Å²) in [6.45, 7) is 10.1. The number of methoxy groups -OCH3 is 1. The molecule has 6 atom stereocenters. The Morgan fingerprint density at radius 1 is 1.03 bits per heavy atom. The number of fused-ring (bicyclic) bond motifs is 1. The Kier molecular flexibility index (Phi) is 7.65. The van der Waals surface area contributed by atoms with Crippen LogP contribution in [0.5, 0.6) is 5.75 Å². The van der Waals surface area contributed by atoms with Crippen molar-refractivity contribution >= 4 is 17.9 Å². The van der Waals surface area contributed by atoms with E-state index in [0.29, 0.717) is 17.7 Å². The van der Waals surface area contributed by atoms with Gasteiger partial charge in [-0.15, -0.1) is 0 Å². The predicted octanol–water partition coefficient (Wildman–Crippen LogP) is 3.85. The third-order valence-corrected chi connectivity index (χ3v) is 7.54. The Hall–Kier alpha value is -2.87. The van der Waals surface area contributed by atoms with Gasteiger partial charge < -0.3 is 24.1 Å². The van der Waals surface area contributed by atoms with E-state index in [1.54, 1.807) is 31.4 Å². The summed E-state index contributed by atoms with van der Waals surface area (Å²) in [5.41, 5.74) is -1.21. The Balaban J connectivity index is 2.10. The van der Waals surface area contributed by atoms with E-state index >= 15 is 0 Å². The molecule has 1 saturated carbocycles. The fourth-order valence-electron chi connectivity index (χ4n) is 5.75. The Morgan fingerprint density at radius 2 is 1.63 bits per heavy atom. The maximum absolute atomic E-state index is 13.2. The standard InChI is InChI=1S/C27H36O8/c1-15(2)27(31)14-23(34-18(5)29)26(6)22(33-17(4)28)13-16(3)12-21(24(26)27)35-25(30)19-8-10-20(32-7)11-9-19/h8-11,13,15,21-24,31H,12,14H2,1-7H3/t21-,22-,23-,24+,26-,27+/m0/s1. The zero-order valence-electron chi connectivity index (χ0n) is 21.5. The van der Waals surface area contributed by atoms with Crippen molar-refractivity contribution < 1.29 is 38.4 Å². The largest absolute Gasteiger partial charge is 0.497 e. The molecule has 1 N–H and O–H groups in total. The van der Waals surface area contributed by atoms with Gasteiger partial charge in [-0.25, -0.2) is 4.79 Å². The molecule has 8 nitrogen and oxygen atoms in total. The van der Waals surface area contributed by atoms with Gasteiger partial charge in [0.25, 0.3) is 0 Å². The summed E-state index contributed by atoms with van der Waals surface area (Å²) < 4.78 is 22.7. The van der Waals surface area contributed by atoms with E-state index in [-0.39, 0.29) is 12.3 Å². The third-order valence-electron chi connectivity index (χ3n) is 7.54. The van der Waals surface area contributed by atoms with Gasteiger partial charge in [0, 0.05) is 32.6 Å². The lowest BCUT2D eigenvalue weighted by Gasteiger charge is -2.45. The van der Waals surface area contributed by atoms with Crippen LogP contribution in [-0.2, 0) is 23.8 Å². The van der Waals surface area contributed by atoms with Crippen molar-refractivity contribution in [3.05, 3.63) is 41.5 Å². The summed E-state index contributed by atoms with van der Waals surface area (Å²) in [4.78, 5) is 37.3. The maximum Gasteiger partial charge on any atom is 0.338 e. The zero-order valence-corrected chi connectivity index (χ0v) is 21.5. The fourth-order valence-corrected chi connectivity index (χ4v) is 5.75. The first-order valence-corrected chi connectivity index (χ1v) is 11.9. The van der Waals surface area contributed by atoms with E-state index in [0.717, 1.165) is 5.57 Å². The average Bonchev–Trinajstić information content (AvgIpc) is 2.93. The first-order valence-electron chi connectivity index (χ1n) is 11.9. The van der Waals surface area contributed by atoms with Crippen LogP contribution in [0, 0.1) is 17.3 Å². The number of benzene rings is 1. The molecule has 3 rings (SSSR count). The second-order valence-electron chi connectivity index (χ2n) is 10.2. The number of hydrogen-bond donors (Lipinski definition) is 1. The molecule has 0 radical (unpaired) electrons. The van der Waals surface area contributed by atoms with Crippen LogP contribution in [0.1, 0.15) is 64.7 Å². The molecular weight excluding hydrogens is 452 g/mol. The second kappa shape index (κ2) is 10.0. The summed E-state index contributed by atoms with van der Waals surface area (Å²) in [7, 11) is 1.54. The van der Waals surface area contributed by atoms with Crippen LogP contribution in [0.4, 0.5) is 0 Å². The fraction of sp³-hybridized carbons (Fsp3) is 0.593. The summed E-state index contributed by atoms with van der Waals surface area (Å²) in [6, 6.07) is 6.58. The summed E-state index contributed by atoms with van der Waals surface area (Å²) in [6.07, 6.45) is -0.00990. The monoisotopic (exact) mass is 488 g/mol. The van der Waals surface area contributed by atoms with Gasteiger partial charge in [-0.1, -0.05) is 26.3 Å². The molecule has 0 aromatic heterocycles. The minimum Gasteiger partial charge on any atom is -0.497 e. The van der Waals surface area contributed by atoms with Crippen molar-refractivity contribution in [1.29, 1.82) is 0 Å². The number of hydrogen-bond acceptors (Lipinski definition) is 8. The molecule has 1 aromatic rings. The SMILES string of the molecule is COc1ccc(C(=O)O[C@H]2CC(C)=C[C@H](OC(C)=O)[C@@]3(C)[C@@H](OC(C)=O)C[C@@](O)(C(C)C)[C@H]23)cc1. The van der Waals surface area contributed by atoms with E-state index in [1.165, 1.54) is 13.8 Å². The molecule has 0 saturated heterocycles. The Labute approximate surface area is 206 Å². The van der Waals surface area contributed by atoms with Crippen LogP contribution < -0.4 is 4.74 Å². The lowest BCUT2D eigenvalue weighted by Crippen LogP contribution is -2.54. The van der Waals surface area contributed by atoms with Crippen LogP contribution in [0.2, 0.25) is 0 Å². The average molecular weight is 489 g/mol. The van der Waals surface area contributed by atoms with Crippen LogP contribution in [-0.4, -0.2) is 54.0 Å². The quantitative estimate of drug-likeness (QED) is 0.365. The van der Waals surface area contributed by atoms with E-state index in [9.17, 15) is 19.5 Å². The lowest BCUT2D eigenvalue weighted by molar-refractivity contribution is -0.174. The molecule has 2 aliphatic carbocycles. The minimum absolute atomic E-state index is 0.132. The highest BCUT2D eigenvalue weighted by atomic mass is 16.6. The van der Waals surface area contributed by atoms with E-state index in [2.05, 4.69) is 0 Å². The smallest absolute Gasteiger partial charge is 0.338 e. The number of carbonyl (C=O) groups excluding carboxylic acids is 3. The van der Waals surface area contributed by atoms with E-state index < -0.39 is 53.2 Å². The van der Waals surface area contributed by atoms with Gasteiger partial charge in [0.15, 0.2) is 0 Å². The van der Waals surface area contributed by atoms with Crippen molar-refractivity contribution in [1.82, 2.24) is 0 Å². The number of carbonyl (C=O) groups is 3. The van der Waals surface area contributed by atoms with Crippen molar-refractivity contribution in [2.45, 2.75) is 78.3 Å². The highest BCUT2D eigenvalue weighted by Gasteiger charge is 2.68. The molecule has 192 valence electrons. The maximum atomic E-state index is 13.2. The van der Waals surface area contributed by atoms with E-state index in [4.69, 9.17) is 18.9 Å². The molecule has 0 unspecified atom stereocenters. The first-order chi connectivity index (χ1) is 16.3. The van der Waals surface area contributed by atoms with Crippen molar-refractivity contribution in [3.8, 4) is 5.75 Å². The summed E-state index contributed by atoms with van der Waals surface area (Å²) in [5.74, 6) is -1.86. The molecule has 1 aromatic carbocycles. The lowest BCUT2D eigenvalue weighted by atomic mass is 9.66. The van der Waals surface area contributed by atoms with Gasteiger partial charge in [0.2, 0.25) is 0 Å². The number of esters is 3. The topological polar surface area (TPSA) is 108 Å². The number of aliphatic hydroxyl groups is 1. The number of ether oxygens (including phenoxy) is 4. The van der Waals surface area contributed by atoms with Crippen molar-refractivity contribution in [3.63, 3.8) is 0 Å². The third kappa shape index (κ3) is 5.08. The molecule has 2 aliphatic rings.